The zero-order chi connectivity index (χ0) is 25.8. The SMILES string of the molecule is C[C@H]1CNc2c(cccc2S(=O)(=O)NC(CCCN=C(N)N)C(=O)N2CC[C@H](C)C[C@H]2C(=O)O)C1.O. The van der Waals surface area contributed by atoms with Crippen molar-refractivity contribution in [3.8, 4) is 0 Å². The molecule has 0 aliphatic carbocycles. The third kappa shape index (κ3) is 7.08. The van der Waals surface area contributed by atoms with Crippen molar-refractivity contribution >= 4 is 33.5 Å². The van der Waals surface area contributed by atoms with Gasteiger partial charge < -0.3 is 32.3 Å². The number of carbonyl (C=O) groups is 2. The molecule has 36 heavy (non-hydrogen) atoms. The highest BCUT2D eigenvalue weighted by atomic mass is 32.2. The molecule has 1 aromatic carbocycles. The zero-order valence-electron chi connectivity index (χ0n) is 20.7. The number of hydrogen-bond donors (Lipinski definition) is 5. The average molecular weight is 527 g/mol. The molecule has 13 heteroatoms. The molecule has 0 aromatic heterocycles. The molecule has 0 bridgehead atoms. The lowest BCUT2D eigenvalue weighted by atomic mass is 9.91. The second-order valence-electron chi connectivity index (χ2n) is 9.62. The van der Waals surface area contributed by atoms with Gasteiger partial charge in [0.2, 0.25) is 15.9 Å². The van der Waals surface area contributed by atoms with Crippen LogP contribution in [0.15, 0.2) is 28.1 Å². The number of aliphatic carboxylic acids is 1. The lowest BCUT2D eigenvalue weighted by molar-refractivity contribution is -0.153. The van der Waals surface area contributed by atoms with Crippen molar-refractivity contribution in [2.45, 2.75) is 62.9 Å². The first-order valence-electron chi connectivity index (χ1n) is 12.0. The van der Waals surface area contributed by atoms with Gasteiger partial charge in [0.1, 0.15) is 17.0 Å². The van der Waals surface area contributed by atoms with E-state index in [0.717, 1.165) is 12.0 Å². The van der Waals surface area contributed by atoms with Crippen LogP contribution in [0.2, 0.25) is 0 Å². The van der Waals surface area contributed by atoms with E-state index in [0.29, 0.717) is 37.4 Å². The molecular weight excluding hydrogens is 488 g/mol. The van der Waals surface area contributed by atoms with Gasteiger partial charge >= 0.3 is 5.97 Å². The number of carboxylic acids is 1. The largest absolute Gasteiger partial charge is 0.480 e. The number of carbonyl (C=O) groups excluding carboxylic acids is 1. The molecule has 0 spiro atoms. The highest BCUT2D eigenvalue weighted by molar-refractivity contribution is 7.89. The number of nitrogens with zero attached hydrogens (tertiary/aromatic N) is 2. The number of sulfonamides is 1. The minimum absolute atomic E-state index is 0. The van der Waals surface area contributed by atoms with Crippen LogP contribution in [-0.4, -0.2) is 73.5 Å². The molecule has 202 valence electrons. The van der Waals surface area contributed by atoms with Crippen LogP contribution in [0.25, 0.3) is 0 Å². The first-order chi connectivity index (χ1) is 16.5. The highest BCUT2D eigenvalue weighted by Gasteiger charge is 2.39. The van der Waals surface area contributed by atoms with Crippen LogP contribution in [0.5, 0.6) is 0 Å². The Labute approximate surface area is 211 Å². The number of benzene rings is 1. The molecule has 2 aliphatic heterocycles. The number of anilines is 1. The number of likely N-dealkylation sites (tertiary alicyclic amines) is 1. The second-order valence-corrected chi connectivity index (χ2v) is 11.3. The van der Waals surface area contributed by atoms with E-state index in [-0.39, 0.29) is 41.8 Å². The quantitative estimate of drug-likeness (QED) is 0.166. The average Bonchev–Trinajstić information content (AvgIpc) is 2.79. The molecule has 1 saturated heterocycles. The maximum Gasteiger partial charge on any atom is 0.326 e. The fourth-order valence-electron chi connectivity index (χ4n) is 4.72. The Balaban J connectivity index is 0.00000456. The summed E-state index contributed by atoms with van der Waals surface area (Å²) in [5.74, 6) is -1.22. The molecule has 4 atom stereocenters. The van der Waals surface area contributed by atoms with Crippen LogP contribution in [-0.2, 0) is 26.0 Å². The molecule has 1 aromatic rings. The number of amides is 1. The maximum absolute atomic E-state index is 13.5. The Morgan fingerprint density at radius 1 is 1.28 bits per heavy atom. The maximum atomic E-state index is 13.5. The summed E-state index contributed by atoms with van der Waals surface area (Å²) in [7, 11) is -4.10. The molecule has 9 N–H and O–H groups in total. The van der Waals surface area contributed by atoms with Gasteiger partial charge in [-0.1, -0.05) is 26.0 Å². The van der Waals surface area contributed by atoms with Gasteiger partial charge in [-0.05, 0) is 55.6 Å². The van der Waals surface area contributed by atoms with Gasteiger partial charge in [0.05, 0.1) is 5.69 Å². The van der Waals surface area contributed by atoms with E-state index in [1.165, 1.54) is 11.0 Å². The predicted octanol–water partition coefficient (Wildman–Crippen LogP) is -0.122. The van der Waals surface area contributed by atoms with Gasteiger partial charge in [-0.15, -0.1) is 0 Å². The van der Waals surface area contributed by atoms with Crippen molar-refractivity contribution in [3.63, 3.8) is 0 Å². The van der Waals surface area contributed by atoms with E-state index in [1.54, 1.807) is 6.07 Å². The van der Waals surface area contributed by atoms with E-state index in [9.17, 15) is 23.1 Å². The van der Waals surface area contributed by atoms with E-state index in [2.05, 4.69) is 22.0 Å². The Morgan fingerprint density at radius 3 is 2.67 bits per heavy atom. The molecule has 12 nitrogen and oxygen atoms in total. The van der Waals surface area contributed by atoms with E-state index >= 15 is 0 Å². The van der Waals surface area contributed by atoms with Crippen molar-refractivity contribution in [2.75, 3.05) is 25.0 Å². The highest BCUT2D eigenvalue weighted by Crippen LogP contribution is 2.31. The molecule has 2 heterocycles. The minimum atomic E-state index is -4.10. The van der Waals surface area contributed by atoms with E-state index in [1.807, 2.05) is 13.0 Å². The van der Waals surface area contributed by atoms with Crippen LogP contribution in [0.1, 0.15) is 45.1 Å². The second kappa shape index (κ2) is 12.4. The van der Waals surface area contributed by atoms with Crippen molar-refractivity contribution in [3.05, 3.63) is 23.8 Å². The van der Waals surface area contributed by atoms with Crippen LogP contribution in [0, 0.1) is 11.8 Å². The number of rotatable bonds is 9. The third-order valence-corrected chi connectivity index (χ3v) is 8.09. The third-order valence-electron chi connectivity index (χ3n) is 6.57. The van der Waals surface area contributed by atoms with Crippen LogP contribution >= 0.6 is 0 Å². The molecule has 0 saturated carbocycles. The predicted molar refractivity (Wildman–Crippen MR) is 137 cm³/mol. The molecule has 3 rings (SSSR count). The summed E-state index contributed by atoms with van der Waals surface area (Å²) in [6.45, 7) is 5.14. The van der Waals surface area contributed by atoms with Gasteiger partial charge in [-0.2, -0.15) is 4.72 Å². The first-order valence-corrected chi connectivity index (χ1v) is 13.4. The van der Waals surface area contributed by atoms with Crippen molar-refractivity contribution in [1.82, 2.24) is 9.62 Å². The number of piperidine rings is 1. The Bertz CT molecular complexity index is 1070. The number of para-hydroxylation sites is 1. The standard InChI is InChI=1S/C23H36N6O5S.H2O/c1-14-8-10-29(18(12-14)22(31)32)21(30)17(6-4-9-26-23(24)25)28-35(33,34)19-7-3-5-16-11-15(2)13-27-20(16)19;/h3,5,7,14-15,17-18,27-28H,4,6,8-13H2,1-2H3,(H,31,32)(H4,24,25,26);1H2/t14-,15+,17?,18-;/m0./s1. The smallest absolute Gasteiger partial charge is 0.326 e. The van der Waals surface area contributed by atoms with Crippen LogP contribution in [0.3, 0.4) is 0 Å². The number of nitrogens with one attached hydrogen (secondary N) is 2. The Hall–Kier alpha value is -2.90. The molecule has 1 amide bonds. The fraction of sp³-hybridized carbons (Fsp3) is 0.609. The molecular formula is C23H38N6O6S. The topological polar surface area (TPSA) is 212 Å². The minimum Gasteiger partial charge on any atom is -0.480 e. The summed E-state index contributed by atoms with van der Waals surface area (Å²) in [6.07, 6.45) is 2.17. The number of fused-ring (bicyclic) bond motifs is 1. The van der Waals surface area contributed by atoms with Crippen LogP contribution in [0.4, 0.5) is 5.69 Å². The summed E-state index contributed by atoms with van der Waals surface area (Å²) < 4.78 is 29.5. The molecule has 2 aliphatic rings. The first kappa shape index (κ1) is 29.3. The summed E-state index contributed by atoms with van der Waals surface area (Å²) in [5, 5.41) is 12.9. The monoisotopic (exact) mass is 526 g/mol. The van der Waals surface area contributed by atoms with E-state index in [4.69, 9.17) is 11.5 Å². The van der Waals surface area contributed by atoms with E-state index < -0.39 is 34.0 Å². The van der Waals surface area contributed by atoms with Crippen LogP contribution < -0.4 is 21.5 Å². The number of guanidine groups is 1. The number of nitrogens with two attached hydrogens (primary N) is 2. The Kier molecular flexibility index (Phi) is 10.1. The summed E-state index contributed by atoms with van der Waals surface area (Å²) in [6, 6.07) is 2.94. The van der Waals surface area contributed by atoms with Gasteiger partial charge in [-0.25, -0.2) is 13.2 Å². The number of carboxylic acid groups (broad SMARTS) is 1. The number of aliphatic imine (C=N–C) groups is 1. The van der Waals surface area contributed by atoms with Gasteiger partial charge in [-0.3, -0.25) is 9.79 Å². The van der Waals surface area contributed by atoms with Crippen molar-refractivity contribution in [2.24, 2.45) is 28.3 Å². The molecule has 1 fully saturated rings. The van der Waals surface area contributed by atoms with Gasteiger partial charge in [0.25, 0.3) is 0 Å². The van der Waals surface area contributed by atoms with Gasteiger partial charge in [0.15, 0.2) is 5.96 Å². The van der Waals surface area contributed by atoms with Crippen molar-refractivity contribution < 1.29 is 28.6 Å². The molecule has 1 unspecified atom stereocenters. The molecule has 0 radical (unpaired) electrons. The summed E-state index contributed by atoms with van der Waals surface area (Å²) in [5.41, 5.74) is 12.2. The zero-order valence-corrected chi connectivity index (χ0v) is 21.6. The summed E-state index contributed by atoms with van der Waals surface area (Å²) >= 11 is 0. The Morgan fingerprint density at radius 2 is 2.00 bits per heavy atom. The lowest BCUT2D eigenvalue weighted by Crippen LogP contribution is -2.56. The normalized spacial score (nSPS) is 22.4. The fourth-order valence-corrected chi connectivity index (χ4v) is 6.17. The lowest BCUT2D eigenvalue weighted by Gasteiger charge is -2.38. The summed E-state index contributed by atoms with van der Waals surface area (Å²) in [4.78, 5) is 30.7. The van der Waals surface area contributed by atoms with Gasteiger partial charge in [0, 0.05) is 19.6 Å². The number of hydrogen-bond acceptors (Lipinski definition) is 6. The van der Waals surface area contributed by atoms with Crippen molar-refractivity contribution in [1.29, 1.82) is 0 Å².